The average Bonchev–Trinajstić information content (AvgIpc) is 3.08. The Kier molecular flexibility index (Phi) is 8.96. The van der Waals surface area contributed by atoms with E-state index in [4.69, 9.17) is 32.9 Å². The summed E-state index contributed by atoms with van der Waals surface area (Å²) in [7, 11) is 0. The molecular formula is C34H35FeN4O4S2+. The van der Waals surface area contributed by atoms with Crippen molar-refractivity contribution in [3.8, 4) is 0 Å². The van der Waals surface area contributed by atoms with Gasteiger partial charge in [0.15, 0.2) is 10.00 Å². The Morgan fingerprint density at radius 3 is 2.22 bits per heavy atom. The molecule has 45 heavy (non-hydrogen) atoms. The molecular weight excluding hydrogens is 648 g/mol. The number of rotatable bonds is 6. The molecule has 0 radical (unpaired) electrons. The van der Waals surface area contributed by atoms with Gasteiger partial charge in [0.2, 0.25) is 0 Å². The molecule has 4 atom stereocenters. The maximum atomic E-state index is 11.6. The zero-order valence-corrected chi connectivity index (χ0v) is 28.8. The van der Waals surface area contributed by atoms with Crippen molar-refractivity contribution in [3.63, 3.8) is 0 Å². The molecule has 11 heteroatoms. The smallest absolute Gasteiger partial charge is 0.660 e. The summed E-state index contributed by atoms with van der Waals surface area (Å²) in [5.41, 5.74) is 10.3. The largest absolute Gasteiger partial charge is 4.00 e. The summed E-state index contributed by atoms with van der Waals surface area (Å²) >= 11 is 6.15. The minimum Gasteiger partial charge on any atom is -0.660 e. The number of hydrogen-bond acceptors (Lipinski definition) is 3. The summed E-state index contributed by atoms with van der Waals surface area (Å²) in [5, 5.41) is 25.7. The molecule has 3 aliphatic heterocycles. The predicted molar refractivity (Wildman–Crippen MR) is 179 cm³/mol. The fraction of sp³-hybridized carbons (Fsp3) is 0.353. The molecule has 0 aromatic carbocycles. The second-order valence-electron chi connectivity index (χ2n) is 11.9. The van der Waals surface area contributed by atoms with Crippen molar-refractivity contribution < 1.29 is 36.9 Å². The maximum Gasteiger partial charge on any atom is 4.00 e. The van der Waals surface area contributed by atoms with Gasteiger partial charge in [-0.2, -0.15) is 18.3 Å². The normalized spacial score (nSPS) is 26.0. The van der Waals surface area contributed by atoms with Crippen LogP contribution in [0.5, 0.6) is 0 Å². The molecule has 6 heterocycles. The fourth-order valence-electron chi connectivity index (χ4n) is 6.68. The predicted octanol–water partition coefficient (Wildman–Crippen LogP) is 3.92. The minimum atomic E-state index is -1.06. The maximum absolute atomic E-state index is 11.6. The molecule has 8 bridgehead atoms. The van der Waals surface area contributed by atoms with Crippen molar-refractivity contribution in [1.82, 2.24) is 15.0 Å². The SMILES string of the molecule is Cc1c2[n-]c(c1CCC(=O)O)/C=c1\[n-]/c(c(C)c1/C=C/C(=O)O)=C\c1[n-]c(c(C)c1[C@H](C)S)/C=C1\[N-]/C(=C\2)C(C)[C@]12[SH+]C2C.[Fe+4]. The van der Waals surface area contributed by atoms with Crippen molar-refractivity contribution in [2.45, 2.75) is 69.6 Å². The van der Waals surface area contributed by atoms with Gasteiger partial charge in [0.05, 0.1) is 0 Å². The van der Waals surface area contributed by atoms with Gasteiger partial charge in [-0.25, -0.2) is 4.79 Å². The Morgan fingerprint density at radius 1 is 0.956 bits per heavy atom. The number of aliphatic carboxylic acids is 2. The molecule has 0 amide bonds. The summed E-state index contributed by atoms with van der Waals surface area (Å²) < 4.78 is -0.0763. The van der Waals surface area contributed by atoms with E-state index in [1.54, 1.807) is 6.08 Å². The van der Waals surface area contributed by atoms with Crippen LogP contribution < -0.4 is 25.7 Å². The van der Waals surface area contributed by atoms with Gasteiger partial charge < -0.3 is 30.5 Å². The Balaban J connectivity index is 0.00000400. The van der Waals surface area contributed by atoms with Crippen LogP contribution in [0.3, 0.4) is 0 Å². The van der Waals surface area contributed by atoms with Crippen molar-refractivity contribution in [3.05, 3.63) is 89.6 Å². The van der Waals surface area contributed by atoms with E-state index in [9.17, 15) is 19.8 Å². The van der Waals surface area contributed by atoms with Crippen LogP contribution in [-0.4, -0.2) is 32.1 Å². The first-order chi connectivity index (χ1) is 20.8. The molecule has 2 unspecified atom stereocenters. The van der Waals surface area contributed by atoms with Crippen LogP contribution in [-0.2, 0) is 44.8 Å². The molecule has 2 saturated heterocycles. The number of carbonyl (C=O) groups is 2. The first kappa shape index (κ1) is 33.1. The molecule has 6 rings (SSSR count). The van der Waals surface area contributed by atoms with E-state index >= 15 is 0 Å². The van der Waals surface area contributed by atoms with E-state index in [-0.39, 0.29) is 39.4 Å². The van der Waals surface area contributed by atoms with Crippen LogP contribution in [0.4, 0.5) is 0 Å². The first-order valence-electron chi connectivity index (χ1n) is 14.7. The van der Waals surface area contributed by atoms with Crippen molar-refractivity contribution in [2.24, 2.45) is 5.92 Å². The minimum absolute atomic E-state index is 0. The second-order valence-corrected chi connectivity index (χ2v) is 14.5. The van der Waals surface area contributed by atoms with Crippen LogP contribution >= 0.6 is 12.6 Å². The van der Waals surface area contributed by atoms with Crippen molar-refractivity contribution >= 4 is 66.7 Å². The Bertz CT molecular complexity index is 1940. The van der Waals surface area contributed by atoms with Gasteiger partial charge in [-0.1, -0.05) is 59.2 Å². The summed E-state index contributed by atoms with van der Waals surface area (Å²) in [5.74, 6) is -1.78. The van der Waals surface area contributed by atoms with E-state index in [2.05, 4.69) is 26.8 Å². The van der Waals surface area contributed by atoms with E-state index in [1.807, 2.05) is 39.0 Å². The van der Waals surface area contributed by atoms with Gasteiger partial charge in [-0.05, 0) is 70.0 Å². The number of aromatic nitrogens is 3. The van der Waals surface area contributed by atoms with Crippen LogP contribution in [0.15, 0.2) is 17.5 Å². The van der Waals surface area contributed by atoms with Crippen LogP contribution in [0.25, 0.3) is 35.7 Å². The van der Waals surface area contributed by atoms with E-state index in [1.165, 1.54) is 11.8 Å². The van der Waals surface area contributed by atoms with Gasteiger partial charge in [-0.15, -0.1) is 33.5 Å². The van der Waals surface area contributed by atoms with Gasteiger partial charge >= 0.3 is 29.0 Å². The Hall–Kier alpha value is -3.24. The fourth-order valence-corrected chi connectivity index (χ4v) is 8.53. The molecule has 3 aliphatic rings. The molecule has 1 spiro atoms. The summed E-state index contributed by atoms with van der Waals surface area (Å²) in [6, 6.07) is 0. The number of nitrogens with zero attached hydrogens (tertiary/aromatic N) is 4. The number of allylic oxidation sites excluding steroid dienone is 1. The zero-order chi connectivity index (χ0) is 31.7. The standard InChI is InChI=1S/C34H34N4O4S2.Fe/c1-15-21(7-9-31(39)40)27-13-28-22(8-10-32(41)42)16(2)24(36-28)12-29-33(19(5)43)17(3)25(37-29)14-30-34(20(6)44-34)18(4)26(38-30)11-23(15)35-27;/h8,10-14,18-20,43H,7,9H2,1-6H3,(H,39,40)(H,41,42);/q-4;+4/p+1/b10-8+,24-12-,26-11-,28-13-,30-14-;/t18?,19-,20?,34+;/m0./s1. The van der Waals surface area contributed by atoms with Crippen LogP contribution in [0, 0.1) is 26.7 Å². The molecule has 234 valence electrons. The van der Waals surface area contributed by atoms with E-state index in [0.29, 0.717) is 33.6 Å². The summed E-state index contributed by atoms with van der Waals surface area (Å²) in [4.78, 5) is 38.1. The van der Waals surface area contributed by atoms with Crippen molar-refractivity contribution in [1.29, 1.82) is 0 Å². The average molecular weight is 684 g/mol. The number of thiol groups is 2. The van der Waals surface area contributed by atoms with Gasteiger partial charge in [-0.3, -0.25) is 4.79 Å². The third kappa shape index (κ3) is 5.69. The number of carboxylic acid groups (broad SMARTS) is 2. The first-order valence-corrected chi connectivity index (χ1v) is 16.2. The molecule has 3 aromatic heterocycles. The monoisotopic (exact) mass is 683 g/mol. The van der Waals surface area contributed by atoms with Crippen molar-refractivity contribution in [2.75, 3.05) is 0 Å². The number of hydrogen-bond donors (Lipinski definition) is 3. The number of carboxylic acids is 2. The van der Waals surface area contributed by atoms with Gasteiger partial charge in [0, 0.05) is 23.7 Å². The molecule has 8 nitrogen and oxygen atoms in total. The topological polar surface area (TPSA) is 131 Å². The summed E-state index contributed by atoms with van der Waals surface area (Å²) in [6.07, 6.45) is 10.9. The summed E-state index contributed by atoms with van der Waals surface area (Å²) in [6.45, 7) is 12.5. The third-order valence-electron chi connectivity index (χ3n) is 9.24. The molecule has 0 aliphatic carbocycles. The second kappa shape index (κ2) is 12.2. The van der Waals surface area contributed by atoms with Crippen LogP contribution in [0.1, 0.15) is 88.6 Å². The van der Waals surface area contributed by atoms with E-state index < -0.39 is 11.9 Å². The number of fused-ring (bicyclic) bond motifs is 9. The third-order valence-corrected chi connectivity index (χ3v) is 11.4. The molecule has 3 aromatic rings. The van der Waals surface area contributed by atoms with Gasteiger partial charge in [0.1, 0.15) is 0 Å². The van der Waals surface area contributed by atoms with Gasteiger partial charge in [0.25, 0.3) is 0 Å². The quantitative estimate of drug-likeness (QED) is 0.118. The zero-order valence-electron chi connectivity index (χ0n) is 25.9. The molecule has 0 saturated carbocycles. The Morgan fingerprint density at radius 2 is 1.60 bits per heavy atom. The van der Waals surface area contributed by atoms with Crippen LogP contribution in [0.2, 0.25) is 0 Å². The molecule has 2 fully saturated rings. The van der Waals surface area contributed by atoms with E-state index in [0.717, 1.165) is 62.4 Å². The Labute approximate surface area is 282 Å². The molecule has 2 N–H and O–H groups in total.